The van der Waals surface area contributed by atoms with Crippen molar-refractivity contribution in [3.05, 3.63) is 47.5 Å². The smallest absolute Gasteiger partial charge is 0.335 e. The summed E-state index contributed by atoms with van der Waals surface area (Å²) in [5.41, 5.74) is 1.91. The minimum absolute atomic E-state index is 0.0122. The lowest BCUT2D eigenvalue weighted by Gasteiger charge is -2.22. The second-order valence-electron chi connectivity index (χ2n) is 6.44. The molecule has 6 heteroatoms. The minimum Gasteiger partial charge on any atom is -0.505 e. The molecule has 0 amide bonds. The third-order valence-electron chi connectivity index (χ3n) is 3.72. The normalized spacial score (nSPS) is 11.8. The second-order valence-corrected chi connectivity index (χ2v) is 6.44. The van der Waals surface area contributed by atoms with E-state index in [4.69, 9.17) is 0 Å². The van der Waals surface area contributed by atoms with Crippen LogP contribution < -0.4 is 0 Å². The lowest BCUT2D eigenvalue weighted by molar-refractivity contribution is 0.0696. The molecule has 0 saturated heterocycles. The fourth-order valence-electron chi connectivity index (χ4n) is 2.52. The number of phenols is 1. The van der Waals surface area contributed by atoms with Crippen LogP contribution in [0.4, 0.5) is 0 Å². The highest BCUT2D eigenvalue weighted by Gasteiger charge is 2.24. The number of aromatic nitrogens is 3. The Balaban J connectivity index is 2.34. The van der Waals surface area contributed by atoms with Crippen LogP contribution in [0.25, 0.3) is 16.7 Å². The molecule has 3 rings (SSSR count). The van der Waals surface area contributed by atoms with Gasteiger partial charge in [0.2, 0.25) is 0 Å². The van der Waals surface area contributed by atoms with E-state index in [0.717, 1.165) is 0 Å². The van der Waals surface area contributed by atoms with Crippen LogP contribution in [-0.4, -0.2) is 31.2 Å². The standard InChI is InChI=1S/C17H17N3O3/c1-17(2,3)11-8-10(16(22)23)9-14(15(11)21)20-13-7-5-4-6-12(13)18-19-20/h4-9,21H,1-3H3,(H,22,23). The number of carbonyl (C=O) groups is 1. The number of hydrogen-bond acceptors (Lipinski definition) is 4. The molecule has 3 aromatic rings. The quantitative estimate of drug-likeness (QED) is 0.759. The third-order valence-corrected chi connectivity index (χ3v) is 3.72. The monoisotopic (exact) mass is 311 g/mol. The first-order valence-corrected chi connectivity index (χ1v) is 7.20. The molecule has 0 aliphatic carbocycles. The number of aromatic carboxylic acids is 1. The second kappa shape index (κ2) is 5.08. The van der Waals surface area contributed by atoms with Gasteiger partial charge in [0.1, 0.15) is 17.0 Å². The van der Waals surface area contributed by atoms with E-state index >= 15 is 0 Å². The van der Waals surface area contributed by atoms with Gasteiger partial charge in [-0.05, 0) is 29.7 Å². The number of phenolic OH excluding ortho intramolecular Hbond substituents is 1. The highest BCUT2D eigenvalue weighted by Crippen LogP contribution is 2.37. The van der Waals surface area contributed by atoms with Crippen LogP contribution in [0.2, 0.25) is 0 Å². The highest BCUT2D eigenvalue weighted by atomic mass is 16.4. The van der Waals surface area contributed by atoms with E-state index in [2.05, 4.69) is 10.3 Å². The molecule has 0 aliphatic rings. The summed E-state index contributed by atoms with van der Waals surface area (Å²) in [4.78, 5) is 11.4. The van der Waals surface area contributed by atoms with E-state index in [9.17, 15) is 15.0 Å². The molecule has 0 saturated carbocycles. The van der Waals surface area contributed by atoms with Gasteiger partial charge in [-0.2, -0.15) is 0 Å². The minimum atomic E-state index is -1.05. The van der Waals surface area contributed by atoms with Crippen molar-refractivity contribution in [2.75, 3.05) is 0 Å². The molecule has 1 aromatic heterocycles. The van der Waals surface area contributed by atoms with Gasteiger partial charge in [-0.15, -0.1) is 5.10 Å². The summed E-state index contributed by atoms with van der Waals surface area (Å²) in [7, 11) is 0. The number of rotatable bonds is 2. The van der Waals surface area contributed by atoms with E-state index in [0.29, 0.717) is 22.3 Å². The summed E-state index contributed by atoms with van der Waals surface area (Å²) in [5, 5.41) is 28.2. The Morgan fingerprint density at radius 3 is 2.52 bits per heavy atom. The van der Waals surface area contributed by atoms with Gasteiger partial charge in [0.25, 0.3) is 0 Å². The SMILES string of the molecule is CC(C)(C)c1cc(C(=O)O)cc(-n2nnc3ccccc32)c1O. The highest BCUT2D eigenvalue weighted by molar-refractivity contribution is 5.90. The molecular formula is C17H17N3O3. The van der Waals surface area contributed by atoms with Crippen LogP contribution in [0, 0.1) is 0 Å². The van der Waals surface area contributed by atoms with Crippen molar-refractivity contribution in [3.8, 4) is 11.4 Å². The Labute approximate surface area is 133 Å². The number of nitrogens with zero attached hydrogens (tertiary/aromatic N) is 3. The summed E-state index contributed by atoms with van der Waals surface area (Å²) in [5.74, 6) is -1.04. The Morgan fingerprint density at radius 1 is 1.17 bits per heavy atom. The van der Waals surface area contributed by atoms with E-state index in [1.807, 2.05) is 45.0 Å². The number of hydrogen-bond donors (Lipinski definition) is 2. The Hall–Kier alpha value is -2.89. The number of carboxylic acids is 1. The zero-order valence-electron chi connectivity index (χ0n) is 13.1. The van der Waals surface area contributed by atoms with E-state index in [1.54, 1.807) is 0 Å². The van der Waals surface area contributed by atoms with Crippen LogP contribution in [0.15, 0.2) is 36.4 Å². The molecule has 0 spiro atoms. The van der Waals surface area contributed by atoms with Gasteiger partial charge in [-0.1, -0.05) is 38.1 Å². The van der Waals surface area contributed by atoms with Crippen LogP contribution in [0.1, 0.15) is 36.7 Å². The number of carboxylic acid groups (broad SMARTS) is 1. The van der Waals surface area contributed by atoms with Gasteiger partial charge in [-0.3, -0.25) is 0 Å². The van der Waals surface area contributed by atoms with Gasteiger partial charge in [-0.25, -0.2) is 9.48 Å². The molecule has 118 valence electrons. The average Bonchev–Trinajstić information content (AvgIpc) is 2.90. The zero-order valence-corrected chi connectivity index (χ0v) is 13.1. The predicted molar refractivity (Wildman–Crippen MR) is 86.2 cm³/mol. The van der Waals surface area contributed by atoms with Crippen LogP contribution >= 0.6 is 0 Å². The third kappa shape index (κ3) is 2.52. The summed E-state index contributed by atoms with van der Waals surface area (Å²) in [6, 6.07) is 10.2. The van der Waals surface area contributed by atoms with Crippen molar-refractivity contribution in [1.82, 2.24) is 15.0 Å². The summed E-state index contributed by atoms with van der Waals surface area (Å²) in [6.07, 6.45) is 0. The zero-order chi connectivity index (χ0) is 16.8. The van der Waals surface area contributed by atoms with Gasteiger partial charge >= 0.3 is 5.97 Å². The molecule has 23 heavy (non-hydrogen) atoms. The Morgan fingerprint density at radius 2 is 1.87 bits per heavy atom. The Bertz CT molecular complexity index is 907. The Kier molecular flexibility index (Phi) is 3.32. The van der Waals surface area contributed by atoms with Crippen molar-refractivity contribution in [2.24, 2.45) is 0 Å². The maximum atomic E-state index is 11.4. The first kappa shape index (κ1) is 15.0. The topological polar surface area (TPSA) is 88.2 Å². The molecule has 6 nitrogen and oxygen atoms in total. The molecule has 0 radical (unpaired) electrons. The van der Waals surface area contributed by atoms with Crippen molar-refractivity contribution < 1.29 is 15.0 Å². The van der Waals surface area contributed by atoms with Crippen LogP contribution in [-0.2, 0) is 5.41 Å². The number of para-hydroxylation sites is 1. The van der Waals surface area contributed by atoms with Gasteiger partial charge < -0.3 is 10.2 Å². The maximum absolute atomic E-state index is 11.4. The fraction of sp³-hybridized carbons (Fsp3) is 0.235. The van der Waals surface area contributed by atoms with Crippen molar-refractivity contribution in [1.29, 1.82) is 0 Å². The lowest BCUT2D eigenvalue weighted by atomic mass is 9.85. The van der Waals surface area contributed by atoms with E-state index in [1.165, 1.54) is 16.8 Å². The average molecular weight is 311 g/mol. The molecule has 0 aliphatic heterocycles. The molecule has 2 aromatic carbocycles. The van der Waals surface area contributed by atoms with Crippen molar-refractivity contribution in [2.45, 2.75) is 26.2 Å². The van der Waals surface area contributed by atoms with E-state index in [-0.39, 0.29) is 11.3 Å². The van der Waals surface area contributed by atoms with Gasteiger partial charge in [0.05, 0.1) is 11.1 Å². The predicted octanol–water partition coefficient (Wildman–Crippen LogP) is 3.12. The maximum Gasteiger partial charge on any atom is 0.335 e. The van der Waals surface area contributed by atoms with Crippen LogP contribution in [0.3, 0.4) is 0 Å². The summed E-state index contributed by atoms with van der Waals surface area (Å²) < 4.78 is 1.46. The molecule has 0 atom stereocenters. The molecule has 0 unspecified atom stereocenters. The van der Waals surface area contributed by atoms with Crippen molar-refractivity contribution in [3.63, 3.8) is 0 Å². The molecule has 0 bridgehead atoms. The fourth-order valence-corrected chi connectivity index (χ4v) is 2.52. The van der Waals surface area contributed by atoms with E-state index < -0.39 is 11.4 Å². The van der Waals surface area contributed by atoms with Gasteiger partial charge in [0, 0.05) is 5.56 Å². The number of benzene rings is 2. The lowest BCUT2D eigenvalue weighted by Crippen LogP contribution is -2.15. The largest absolute Gasteiger partial charge is 0.505 e. The molecule has 1 heterocycles. The summed E-state index contributed by atoms with van der Waals surface area (Å²) >= 11 is 0. The van der Waals surface area contributed by atoms with Gasteiger partial charge in [0.15, 0.2) is 0 Å². The molecular weight excluding hydrogens is 294 g/mol. The molecule has 2 N–H and O–H groups in total. The molecule has 0 fully saturated rings. The first-order valence-electron chi connectivity index (χ1n) is 7.20. The van der Waals surface area contributed by atoms with Crippen molar-refractivity contribution >= 4 is 17.0 Å². The first-order chi connectivity index (χ1) is 10.8. The summed E-state index contributed by atoms with van der Waals surface area (Å²) in [6.45, 7) is 5.74. The number of fused-ring (bicyclic) bond motifs is 1. The van der Waals surface area contributed by atoms with Crippen LogP contribution in [0.5, 0.6) is 5.75 Å². The number of aromatic hydroxyl groups is 1.